The molecule has 0 amide bonds. The molecule has 128 valence electrons. The van der Waals surface area contributed by atoms with Gasteiger partial charge in [-0.15, -0.1) is 0 Å². The molecule has 0 saturated heterocycles. The number of carbonyl (C=O) groups is 1. The van der Waals surface area contributed by atoms with Crippen LogP contribution >= 0.6 is 0 Å². The maximum Gasteiger partial charge on any atom is 0.161 e. The number of hydrogen-bond acceptors (Lipinski definition) is 3. The zero-order valence-electron chi connectivity index (χ0n) is 14.3. The lowest BCUT2D eigenvalue weighted by Crippen LogP contribution is -2.27. The Bertz CT molecular complexity index is 1060. The second-order valence-corrected chi connectivity index (χ2v) is 7.05. The van der Waals surface area contributed by atoms with E-state index in [0.717, 1.165) is 29.7 Å². The molecule has 0 unspecified atom stereocenters. The number of benzene rings is 3. The largest absolute Gasteiger partial charge is 0.508 e. The minimum Gasteiger partial charge on any atom is -0.508 e. The van der Waals surface area contributed by atoms with Crippen LogP contribution in [0.4, 0.5) is 5.69 Å². The van der Waals surface area contributed by atoms with Crippen molar-refractivity contribution in [2.45, 2.75) is 25.3 Å². The first-order chi connectivity index (χ1) is 12.7. The van der Waals surface area contributed by atoms with Gasteiger partial charge in [-0.25, -0.2) is 0 Å². The highest BCUT2D eigenvalue weighted by molar-refractivity contribution is 6.12. The van der Waals surface area contributed by atoms with Crippen molar-refractivity contribution in [3.05, 3.63) is 77.4 Å². The first-order valence-electron chi connectivity index (χ1n) is 9.06. The standard InChI is InChI=1S/C23H19NO2/c25-16-11-8-15(9-12-16)23-22-18(6-3-7-20(22)26)21-17-5-2-1-4-14(17)10-13-19(21)24-23/h1-2,4-5,8-13,23-25H,3,6-7H2/t23-/m0/s1. The number of anilines is 1. The zero-order valence-corrected chi connectivity index (χ0v) is 14.3. The molecule has 0 radical (unpaired) electrons. The van der Waals surface area contributed by atoms with Gasteiger partial charge in [0.2, 0.25) is 0 Å². The zero-order chi connectivity index (χ0) is 17.7. The number of hydrogen-bond donors (Lipinski definition) is 2. The Morgan fingerprint density at radius 3 is 2.58 bits per heavy atom. The van der Waals surface area contributed by atoms with Crippen LogP contribution in [0, 0.1) is 0 Å². The maximum absolute atomic E-state index is 12.9. The van der Waals surface area contributed by atoms with E-state index in [4.69, 9.17) is 0 Å². The summed E-state index contributed by atoms with van der Waals surface area (Å²) in [5.74, 6) is 0.468. The van der Waals surface area contributed by atoms with Crippen molar-refractivity contribution >= 4 is 27.8 Å². The van der Waals surface area contributed by atoms with Gasteiger partial charge >= 0.3 is 0 Å². The van der Waals surface area contributed by atoms with E-state index in [1.54, 1.807) is 12.1 Å². The molecule has 3 nitrogen and oxygen atoms in total. The Kier molecular flexibility index (Phi) is 3.35. The topological polar surface area (TPSA) is 49.3 Å². The van der Waals surface area contributed by atoms with Crippen LogP contribution in [-0.2, 0) is 4.79 Å². The van der Waals surface area contributed by atoms with Crippen LogP contribution in [0.15, 0.2) is 66.2 Å². The molecule has 1 aliphatic carbocycles. The molecule has 5 rings (SSSR count). The Morgan fingerprint density at radius 2 is 1.73 bits per heavy atom. The number of ketones is 1. The van der Waals surface area contributed by atoms with Gasteiger partial charge in [-0.2, -0.15) is 0 Å². The molecule has 1 atom stereocenters. The molecule has 1 aliphatic heterocycles. The van der Waals surface area contributed by atoms with Gasteiger partial charge in [-0.3, -0.25) is 4.79 Å². The molecule has 1 heterocycles. The summed E-state index contributed by atoms with van der Waals surface area (Å²) in [5, 5.41) is 15.6. The summed E-state index contributed by atoms with van der Waals surface area (Å²) in [7, 11) is 0. The molecule has 0 bridgehead atoms. The van der Waals surface area contributed by atoms with Crippen LogP contribution in [0.25, 0.3) is 16.3 Å². The summed E-state index contributed by atoms with van der Waals surface area (Å²) < 4.78 is 0. The number of carbonyl (C=O) groups excluding carboxylic acids is 1. The molecular formula is C23H19NO2. The Morgan fingerprint density at radius 1 is 0.923 bits per heavy atom. The first-order valence-corrected chi connectivity index (χ1v) is 9.06. The number of phenols is 1. The normalized spacial score (nSPS) is 19.1. The maximum atomic E-state index is 12.9. The quantitative estimate of drug-likeness (QED) is 0.638. The third kappa shape index (κ3) is 2.24. The highest BCUT2D eigenvalue weighted by Crippen LogP contribution is 2.47. The number of phenolic OH excluding ortho intramolecular Hbond substituents is 1. The molecule has 2 aliphatic rings. The van der Waals surface area contributed by atoms with Gasteiger partial charge in [0.25, 0.3) is 0 Å². The van der Waals surface area contributed by atoms with Crippen LogP contribution < -0.4 is 5.32 Å². The van der Waals surface area contributed by atoms with Gasteiger partial charge in [-0.05, 0) is 52.9 Å². The van der Waals surface area contributed by atoms with Gasteiger partial charge in [0.1, 0.15) is 5.75 Å². The van der Waals surface area contributed by atoms with Gasteiger partial charge in [0.15, 0.2) is 5.78 Å². The highest BCUT2D eigenvalue weighted by atomic mass is 16.3. The second kappa shape index (κ2) is 5.73. The predicted molar refractivity (Wildman–Crippen MR) is 104 cm³/mol. The van der Waals surface area contributed by atoms with Crippen molar-refractivity contribution in [2.75, 3.05) is 5.32 Å². The van der Waals surface area contributed by atoms with E-state index >= 15 is 0 Å². The third-order valence-electron chi connectivity index (χ3n) is 5.50. The smallest absolute Gasteiger partial charge is 0.161 e. The van der Waals surface area contributed by atoms with Crippen LogP contribution in [0.1, 0.15) is 36.4 Å². The molecule has 0 saturated carbocycles. The van der Waals surface area contributed by atoms with E-state index in [1.165, 1.54) is 21.9 Å². The molecule has 3 aromatic rings. The lowest BCUT2D eigenvalue weighted by Gasteiger charge is -2.35. The van der Waals surface area contributed by atoms with Crippen molar-refractivity contribution in [1.82, 2.24) is 0 Å². The minimum absolute atomic E-state index is 0.160. The molecule has 0 fully saturated rings. The fraction of sp³-hybridized carbons (Fsp3) is 0.174. The van der Waals surface area contributed by atoms with E-state index < -0.39 is 0 Å². The number of aromatic hydroxyl groups is 1. The average Bonchev–Trinajstić information content (AvgIpc) is 2.68. The van der Waals surface area contributed by atoms with Crippen molar-refractivity contribution < 1.29 is 9.90 Å². The van der Waals surface area contributed by atoms with Crippen LogP contribution in [0.2, 0.25) is 0 Å². The first kappa shape index (κ1) is 15.2. The van der Waals surface area contributed by atoms with Crippen molar-refractivity contribution in [3.8, 4) is 5.75 Å². The lowest BCUT2D eigenvalue weighted by atomic mass is 9.77. The van der Waals surface area contributed by atoms with Crippen LogP contribution in [-0.4, -0.2) is 10.9 Å². The van der Waals surface area contributed by atoms with E-state index in [2.05, 4.69) is 35.6 Å². The summed E-state index contributed by atoms with van der Waals surface area (Å²) in [5.41, 5.74) is 5.34. The molecule has 0 spiro atoms. The van der Waals surface area contributed by atoms with E-state index in [-0.39, 0.29) is 17.6 Å². The van der Waals surface area contributed by atoms with Gasteiger partial charge in [0, 0.05) is 23.2 Å². The van der Waals surface area contributed by atoms with E-state index in [9.17, 15) is 9.90 Å². The lowest BCUT2D eigenvalue weighted by molar-refractivity contribution is -0.116. The van der Waals surface area contributed by atoms with E-state index in [0.29, 0.717) is 6.42 Å². The van der Waals surface area contributed by atoms with E-state index in [1.807, 2.05) is 18.2 Å². The predicted octanol–water partition coefficient (Wildman–Crippen LogP) is 5.22. The Labute approximate surface area is 152 Å². The Hall–Kier alpha value is -3.07. The monoisotopic (exact) mass is 341 g/mol. The van der Waals surface area contributed by atoms with Crippen molar-refractivity contribution in [2.24, 2.45) is 0 Å². The summed E-state index contributed by atoms with van der Waals surface area (Å²) in [6, 6.07) is 19.6. The number of Topliss-reactive ketones (excluding diaryl/α,β-unsaturated/α-hetero) is 1. The van der Waals surface area contributed by atoms with Crippen molar-refractivity contribution in [1.29, 1.82) is 0 Å². The number of nitrogens with one attached hydrogen (secondary N) is 1. The summed E-state index contributed by atoms with van der Waals surface area (Å²) in [6.07, 6.45) is 2.44. The second-order valence-electron chi connectivity index (χ2n) is 7.05. The SMILES string of the molecule is O=C1CCCC2=C1[C@H](c1ccc(O)cc1)Nc1ccc3ccccc3c12. The van der Waals surface area contributed by atoms with Crippen LogP contribution in [0.5, 0.6) is 5.75 Å². The van der Waals surface area contributed by atoms with Crippen molar-refractivity contribution in [3.63, 3.8) is 0 Å². The van der Waals surface area contributed by atoms with Gasteiger partial charge in [-0.1, -0.05) is 42.5 Å². The van der Waals surface area contributed by atoms with Gasteiger partial charge in [0.05, 0.1) is 6.04 Å². The third-order valence-corrected chi connectivity index (χ3v) is 5.50. The molecule has 3 heteroatoms. The molecule has 26 heavy (non-hydrogen) atoms. The summed E-state index contributed by atoms with van der Waals surface area (Å²) >= 11 is 0. The summed E-state index contributed by atoms with van der Waals surface area (Å²) in [6.45, 7) is 0. The Balaban J connectivity index is 1.78. The summed E-state index contributed by atoms with van der Waals surface area (Å²) in [4.78, 5) is 12.9. The fourth-order valence-corrected chi connectivity index (χ4v) is 4.32. The number of allylic oxidation sites excluding steroid dienone is 1. The fourth-order valence-electron chi connectivity index (χ4n) is 4.32. The van der Waals surface area contributed by atoms with Crippen LogP contribution in [0.3, 0.4) is 0 Å². The van der Waals surface area contributed by atoms with Gasteiger partial charge < -0.3 is 10.4 Å². The number of fused-ring (bicyclic) bond motifs is 4. The number of rotatable bonds is 1. The highest BCUT2D eigenvalue weighted by Gasteiger charge is 2.34. The molecular weight excluding hydrogens is 322 g/mol. The average molecular weight is 341 g/mol. The molecule has 3 aromatic carbocycles. The molecule has 0 aromatic heterocycles. The molecule has 2 N–H and O–H groups in total. The minimum atomic E-state index is -0.160.